The molecule has 0 saturated heterocycles. The minimum Gasteiger partial charge on any atom is -0.481 e. The van der Waals surface area contributed by atoms with Gasteiger partial charge in [-0.2, -0.15) is 0 Å². The smallest absolute Gasteiger partial charge is 0.307 e. The van der Waals surface area contributed by atoms with Gasteiger partial charge in [-0.05, 0) is 30.7 Å². The largest absolute Gasteiger partial charge is 0.481 e. The van der Waals surface area contributed by atoms with Crippen molar-refractivity contribution >= 4 is 17.9 Å². The van der Waals surface area contributed by atoms with Crippen molar-refractivity contribution in [2.45, 2.75) is 71.1 Å². The predicted octanol–water partition coefficient (Wildman–Crippen LogP) is 2.13. The molecule has 0 amide bonds. The van der Waals surface area contributed by atoms with E-state index >= 15 is 0 Å². The molecule has 2 atom stereocenters. The summed E-state index contributed by atoms with van der Waals surface area (Å²) in [4.78, 5) is 36.7. The molecule has 3 N–H and O–H groups in total. The van der Waals surface area contributed by atoms with Gasteiger partial charge in [0, 0.05) is 11.5 Å². The van der Waals surface area contributed by atoms with Gasteiger partial charge in [-0.25, -0.2) is 0 Å². The number of aliphatic hydroxyl groups is 1. The molecule has 0 aromatic rings. The van der Waals surface area contributed by atoms with Gasteiger partial charge >= 0.3 is 17.9 Å². The second kappa shape index (κ2) is 16.6. The first-order valence-corrected chi connectivity index (χ1v) is 9.72. The van der Waals surface area contributed by atoms with E-state index in [4.69, 9.17) is 20.1 Å². The summed E-state index contributed by atoms with van der Waals surface area (Å²) in [6.07, 6.45) is 0.923. The summed E-state index contributed by atoms with van der Waals surface area (Å²) in [5, 5.41) is 25.0. The van der Waals surface area contributed by atoms with E-state index in [-0.39, 0.29) is 38.4 Å². The number of carbonyl (C=O) groups excluding carboxylic acids is 2. The lowest BCUT2D eigenvalue weighted by atomic mass is 10.1. The molecule has 0 aliphatic heterocycles. The molecule has 0 rings (SSSR count). The van der Waals surface area contributed by atoms with Gasteiger partial charge in [0.15, 0.2) is 0 Å². The SMILES string of the molecule is CC(C)COC(=O)C[C@H](COC(=O)CCC(=O)O)NC(O)CCCCCN=[N+]=[N-]. The van der Waals surface area contributed by atoms with Gasteiger partial charge < -0.3 is 19.7 Å². The summed E-state index contributed by atoms with van der Waals surface area (Å²) in [5.74, 6) is -2.11. The molecule has 1 unspecified atom stereocenters. The molecule has 0 bridgehead atoms. The van der Waals surface area contributed by atoms with E-state index in [0.29, 0.717) is 25.8 Å². The number of nitrogens with one attached hydrogen (secondary N) is 1. The first-order chi connectivity index (χ1) is 13.7. The van der Waals surface area contributed by atoms with E-state index in [2.05, 4.69) is 15.3 Å². The predicted molar refractivity (Wildman–Crippen MR) is 104 cm³/mol. The average Bonchev–Trinajstić information content (AvgIpc) is 2.65. The van der Waals surface area contributed by atoms with Crippen molar-refractivity contribution in [2.24, 2.45) is 11.0 Å². The fourth-order valence-electron chi connectivity index (χ4n) is 2.26. The second-order valence-corrected chi connectivity index (χ2v) is 7.04. The van der Waals surface area contributed by atoms with Gasteiger partial charge in [-0.3, -0.25) is 19.7 Å². The molecule has 0 heterocycles. The van der Waals surface area contributed by atoms with Crippen LogP contribution < -0.4 is 5.32 Å². The number of aliphatic carboxylic acids is 1. The highest BCUT2D eigenvalue weighted by Gasteiger charge is 2.20. The molecule has 0 saturated carbocycles. The third-order valence-electron chi connectivity index (χ3n) is 3.71. The van der Waals surface area contributed by atoms with E-state index in [1.54, 1.807) is 0 Å². The third kappa shape index (κ3) is 17.5. The number of nitrogens with zero attached hydrogens (tertiary/aromatic N) is 3. The number of hydrogen-bond donors (Lipinski definition) is 3. The quantitative estimate of drug-likeness (QED) is 0.0808. The van der Waals surface area contributed by atoms with Crippen LogP contribution in [-0.4, -0.2) is 60.1 Å². The van der Waals surface area contributed by atoms with Crippen molar-refractivity contribution in [1.82, 2.24) is 5.32 Å². The van der Waals surface area contributed by atoms with Gasteiger partial charge in [0.1, 0.15) is 12.8 Å². The molecule has 0 radical (unpaired) electrons. The number of aliphatic hydroxyl groups excluding tert-OH is 1. The lowest BCUT2D eigenvalue weighted by molar-refractivity contribution is -0.151. The van der Waals surface area contributed by atoms with Crippen LogP contribution in [0.15, 0.2) is 5.11 Å². The number of ether oxygens (including phenoxy) is 2. The Kier molecular flexibility index (Phi) is 15.2. The molecule has 0 aliphatic carbocycles. The zero-order valence-electron chi connectivity index (χ0n) is 17.1. The summed E-state index contributed by atoms with van der Waals surface area (Å²) in [7, 11) is 0. The number of carboxylic acid groups (broad SMARTS) is 1. The van der Waals surface area contributed by atoms with Gasteiger partial charge in [-0.1, -0.05) is 25.4 Å². The number of carboxylic acids is 1. The molecule has 11 nitrogen and oxygen atoms in total. The molecule has 166 valence electrons. The number of azide groups is 1. The van der Waals surface area contributed by atoms with Crippen LogP contribution in [0.3, 0.4) is 0 Å². The Morgan fingerprint density at radius 2 is 1.76 bits per heavy atom. The Morgan fingerprint density at radius 3 is 2.38 bits per heavy atom. The minimum absolute atomic E-state index is 0.104. The molecular formula is C18H32N4O7. The third-order valence-corrected chi connectivity index (χ3v) is 3.71. The molecule has 0 spiro atoms. The van der Waals surface area contributed by atoms with E-state index in [0.717, 1.165) is 6.42 Å². The van der Waals surface area contributed by atoms with E-state index in [9.17, 15) is 19.5 Å². The van der Waals surface area contributed by atoms with Crippen molar-refractivity contribution in [1.29, 1.82) is 0 Å². The van der Waals surface area contributed by atoms with Gasteiger partial charge in [0.2, 0.25) is 0 Å². The molecule has 11 heteroatoms. The van der Waals surface area contributed by atoms with Crippen LogP contribution in [0, 0.1) is 5.92 Å². The summed E-state index contributed by atoms with van der Waals surface area (Å²) >= 11 is 0. The summed E-state index contributed by atoms with van der Waals surface area (Å²) in [6.45, 7) is 4.27. The monoisotopic (exact) mass is 416 g/mol. The Balaban J connectivity index is 4.48. The lowest BCUT2D eigenvalue weighted by Gasteiger charge is -2.22. The molecule has 0 aliphatic rings. The van der Waals surface area contributed by atoms with Crippen molar-refractivity contribution < 1.29 is 34.1 Å². The Hall–Kier alpha value is -2.36. The molecular weight excluding hydrogens is 384 g/mol. The summed E-state index contributed by atoms with van der Waals surface area (Å²) in [6, 6.07) is -0.665. The van der Waals surface area contributed by atoms with Crippen LogP contribution >= 0.6 is 0 Å². The normalized spacial score (nSPS) is 12.7. The first-order valence-electron chi connectivity index (χ1n) is 9.72. The van der Waals surface area contributed by atoms with Crippen molar-refractivity contribution in [2.75, 3.05) is 19.8 Å². The maximum absolute atomic E-state index is 12.0. The first kappa shape index (κ1) is 26.6. The van der Waals surface area contributed by atoms with Crippen LogP contribution in [0.25, 0.3) is 10.4 Å². The highest BCUT2D eigenvalue weighted by Crippen LogP contribution is 2.07. The van der Waals surface area contributed by atoms with Crippen molar-refractivity contribution in [3.05, 3.63) is 10.4 Å². The topological polar surface area (TPSA) is 171 Å². The standard InChI is InChI=1S/C18H32N4O7/c1-13(2)11-28-18(27)10-14(12-29-17(26)8-7-16(24)25)21-15(23)6-4-3-5-9-20-22-19/h13-15,21,23H,3-12H2,1-2H3,(H,24,25)/t14-,15?/m1/s1. The Bertz CT molecular complexity index is 550. The fraction of sp³-hybridized carbons (Fsp3) is 0.833. The van der Waals surface area contributed by atoms with Crippen LogP contribution in [-0.2, 0) is 23.9 Å². The highest BCUT2D eigenvalue weighted by molar-refractivity contribution is 5.76. The molecule has 0 fully saturated rings. The lowest BCUT2D eigenvalue weighted by Crippen LogP contribution is -2.43. The Labute approximate surface area is 170 Å². The van der Waals surface area contributed by atoms with Crippen LogP contribution in [0.2, 0.25) is 0 Å². The summed E-state index contributed by atoms with van der Waals surface area (Å²) < 4.78 is 10.1. The summed E-state index contributed by atoms with van der Waals surface area (Å²) in [5.41, 5.74) is 8.21. The van der Waals surface area contributed by atoms with Crippen LogP contribution in [0.4, 0.5) is 0 Å². The van der Waals surface area contributed by atoms with Gasteiger partial charge in [0.25, 0.3) is 0 Å². The zero-order chi connectivity index (χ0) is 22.1. The fourth-order valence-corrected chi connectivity index (χ4v) is 2.26. The zero-order valence-corrected chi connectivity index (χ0v) is 17.1. The molecule has 29 heavy (non-hydrogen) atoms. The molecule has 0 aromatic carbocycles. The van der Waals surface area contributed by atoms with E-state index in [1.807, 2.05) is 13.8 Å². The van der Waals surface area contributed by atoms with Crippen molar-refractivity contribution in [3.8, 4) is 0 Å². The van der Waals surface area contributed by atoms with E-state index < -0.39 is 30.2 Å². The number of carbonyl (C=O) groups is 3. The van der Waals surface area contributed by atoms with Gasteiger partial charge in [0.05, 0.1) is 31.9 Å². The van der Waals surface area contributed by atoms with E-state index in [1.165, 1.54) is 0 Å². The van der Waals surface area contributed by atoms with Crippen molar-refractivity contribution in [3.63, 3.8) is 0 Å². The number of esters is 2. The number of rotatable bonds is 17. The maximum Gasteiger partial charge on any atom is 0.307 e. The maximum atomic E-state index is 12.0. The molecule has 0 aromatic heterocycles. The average molecular weight is 416 g/mol. The van der Waals surface area contributed by atoms with Crippen LogP contribution in [0.1, 0.15) is 58.8 Å². The van der Waals surface area contributed by atoms with Gasteiger partial charge in [-0.15, -0.1) is 0 Å². The highest BCUT2D eigenvalue weighted by atomic mass is 16.5. The van der Waals surface area contributed by atoms with Crippen LogP contribution in [0.5, 0.6) is 0 Å². The number of hydrogen-bond acceptors (Lipinski definition) is 8. The minimum atomic E-state index is -1.11. The number of unbranched alkanes of at least 4 members (excludes halogenated alkanes) is 2. The Morgan fingerprint density at radius 1 is 1.07 bits per heavy atom. The second-order valence-electron chi connectivity index (χ2n) is 7.04.